The summed E-state index contributed by atoms with van der Waals surface area (Å²) in [5.41, 5.74) is 2.73. The maximum Gasteiger partial charge on any atom is 0.124 e. The summed E-state index contributed by atoms with van der Waals surface area (Å²) in [6, 6.07) is 11.2. The lowest BCUT2D eigenvalue weighted by Crippen LogP contribution is -2.13. The zero-order valence-electron chi connectivity index (χ0n) is 11.9. The molecule has 0 saturated heterocycles. The van der Waals surface area contributed by atoms with Crippen LogP contribution in [0.1, 0.15) is 17.2 Å². The van der Waals surface area contributed by atoms with Crippen molar-refractivity contribution in [2.24, 2.45) is 0 Å². The molecule has 0 aliphatic heterocycles. The van der Waals surface area contributed by atoms with Crippen molar-refractivity contribution in [2.45, 2.75) is 13.0 Å². The maximum absolute atomic E-state index is 10.4. The number of benzene rings is 2. The van der Waals surface area contributed by atoms with Crippen molar-refractivity contribution >= 4 is 33.2 Å². The van der Waals surface area contributed by atoms with Crippen LogP contribution in [-0.4, -0.2) is 18.8 Å². The van der Waals surface area contributed by atoms with Gasteiger partial charge in [-0.25, -0.2) is 0 Å². The summed E-state index contributed by atoms with van der Waals surface area (Å²) >= 11 is 9.35. The average molecular weight is 371 g/mol. The molecule has 2 rings (SSSR count). The predicted molar refractivity (Wildman–Crippen MR) is 90.3 cm³/mol. The Bertz CT molecular complexity index is 634. The number of aliphatic hydroxyl groups excluding tert-OH is 1. The molecule has 0 fully saturated rings. The first kappa shape index (κ1) is 16.1. The topological polar surface area (TPSA) is 41.5 Å². The van der Waals surface area contributed by atoms with Crippen LogP contribution in [0, 0.1) is 6.92 Å². The molecule has 0 aromatic heterocycles. The van der Waals surface area contributed by atoms with Gasteiger partial charge < -0.3 is 15.2 Å². The second kappa shape index (κ2) is 7.16. The lowest BCUT2D eigenvalue weighted by Gasteiger charge is -2.17. The van der Waals surface area contributed by atoms with Crippen LogP contribution in [0.3, 0.4) is 0 Å². The van der Waals surface area contributed by atoms with E-state index in [1.807, 2.05) is 37.3 Å². The van der Waals surface area contributed by atoms with Crippen LogP contribution < -0.4 is 10.1 Å². The molecule has 1 atom stereocenters. The van der Waals surface area contributed by atoms with Gasteiger partial charge in [0.2, 0.25) is 0 Å². The average Bonchev–Trinajstić information content (AvgIpc) is 2.46. The maximum atomic E-state index is 10.4. The first-order chi connectivity index (χ1) is 10.0. The Balaban J connectivity index is 2.11. The third kappa shape index (κ3) is 4.13. The molecule has 2 aromatic carbocycles. The van der Waals surface area contributed by atoms with Crippen molar-refractivity contribution in [3.63, 3.8) is 0 Å². The van der Waals surface area contributed by atoms with Gasteiger partial charge in [-0.2, -0.15) is 0 Å². The fraction of sp³-hybridized carbons (Fsp3) is 0.250. The largest absolute Gasteiger partial charge is 0.496 e. The van der Waals surface area contributed by atoms with Crippen LogP contribution in [0.4, 0.5) is 5.69 Å². The van der Waals surface area contributed by atoms with E-state index in [0.717, 1.165) is 21.3 Å². The van der Waals surface area contributed by atoms with Crippen molar-refractivity contribution < 1.29 is 9.84 Å². The summed E-state index contributed by atoms with van der Waals surface area (Å²) in [5.74, 6) is 0.685. The molecule has 0 amide bonds. The molecule has 0 radical (unpaired) electrons. The lowest BCUT2D eigenvalue weighted by molar-refractivity contribution is 0.187. The SMILES string of the molecule is COc1ccc(C)cc1C(O)CNc1ccc(Cl)cc1Br. The predicted octanol–water partition coefficient (Wildman–Crippen LogP) is 4.57. The first-order valence-electron chi connectivity index (χ1n) is 6.53. The first-order valence-corrected chi connectivity index (χ1v) is 7.70. The van der Waals surface area contributed by atoms with E-state index in [0.29, 0.717) is 17.3 Å². The Morgan fingerprint density at radius 2 is 2.05 bits per heavy atom. The van der Waals surface area contributed by atoms with Gasteiger partial charge in [-0.05, 0) is 53.2 Å². The van der Waals surface area contributed by atoms with Crippen molar-refractivity contribution in [1.29, 1.82) is 0 Å². The highest BCUT2D eigenvalue weighted by Gasteiger charge is 2.14. The van der Waals surface area contributed by atoms with Gasteiger partial charge in [-0.3, -0.25) is 0 Å². The van der Waals surface area contributed by atoms with Gasteiger partial charge in [-0.15, -0.1) is 0 Å². The smallest absolute Gasteiger partial charge is 0.124 e. The van der Waals surface area contributed by atoms with Gasteiger partial charge in [-0.1, -0.05) is 23.2 Å². The van der Waals surface area contributed by atoms with Crippen LogP contribution in [0.25, 0.3) is 0 Å². The molecule has 21 heavy (non-hydrogen) atoms. The van der Waals surface area contributed by atoms with Crippen molar-refractivity contribution in [1.82, 2.24) is 0 Å². The Labute approximate surface area is 138 Å². The molecule has 2 N–H and O–H groups in total. The van der Waals surface area contributed by atoms with E-state index < -0.39 is 6.10 Å². The number of nitrogens with one attached hydrogen (secondary N) is 1. The second-order valence-electron chi connectivity index (χ2n) is 4.77. The molecule has 3 nitrogen and oxygen atoms in total. The van der Waals surface area contributed by atoms with E-state index in [-0.39, 0.29) is 0 Å². The zero-order valence-corrected chi connectivity index (χ0v) is 14.2. The molecule has 2 aromatic rings. The van der Waals surface area contributed by atoms with E-state index in [4.69, 9.17) is 16.3 Å². The van der Waals surface area contributed by atoms with Crippen LogP contribution in [-0.2, 0) is 0 Å². The van der Waals surface area contributed by atoms with Gasteiger partial charge in [0.05, 0.1) is 13.2 Å². The van der Waals surface area contributed by atoms with E-state index in [2.05, 4.69) is 21.2 Å². The van der Waals surface area contributed by atoms with Gasteiger partial charge in [0.15, 0.2) is 0 Å². The molecule has 112 valence electrons. The Kier molecular flexibility index (Phi) is 5.51. The fourth-order valence-electron chi connectivity index (χ4n) is 2.06. The van der Waals surface area contributed by atoms with Crippen LogP contribution in [0.5, 0.6) is 5.75 Å². The van der Waals surface area contributed by atoms with Crippen LogP contribution in [0.15, 0.2) is 40.9 Å². The third-order valence-electron chi connectivity index (χ3n) is 3.16. The highest BCUT2D eigenvalue weighted by atomic mass is 79.9. The third-order valence-corrected chi connectivity index (χ3v) is 4.05. The monoisotopic (exact) mass is 369 g/mol. The van der Waals surface area contributed by atoms with Gasteiger partial charge in [0, 0.05) is 27.3 Å². The molecule has 1 unspecified atom stereocenters. The number of ether oxygens (including phenoxy) is 1. The molecule has 0 aliphatic carbocycles. The minimum atomic E-state index is -0.664. The lowest BCUT2D eigenvalue weighted by atomic mass is 10.1. The molecule has 5 heteroatoms. The summed E-state index contributed by atoms with van der Waals surface area (Å²) < 4.78 is 6.16. The summed E-state index contributed by atoms with van der Waals surface area (Å²) in [6.45, 7) is 2.36. The second-order valence-corrected chi connectivity index (χ2v) is 6.06. The Morgan fingerprint density at radius 3 is 2.71 bits per heavy atom. The van der Waals surface area contributed by atoms with E-state index in [1.165, 1.54) is 0 Å². The van der Waals surface area contributed by atoms with E-state index in [9.17, 15) is 5.11 Å². The van der Waals surface area contributed by atoms with Crippen molar-refractivity contribution in [2.75, 3.05) is 19.0 Å². The van der Waals surface area contributed by atoms with Crippen molar-refractivity contribution in [3.8, 4) is 5.75 Å². The minimum absolute atomic E-state index is 0.375. The molecular formula is C16H17BrClNO2. The molecule has 0 heterocycles. The van der Waals surface area contributed by atoms with E-state index in [1.54, 1.807) is 13.2 Å². The summed E-state index contributed by atoms with van der Waals surface area (Å²) in [7, 11) is 1.60. The standard InChI is InChI=1S/C16H17BrClNO2/c1-10-3-6-16(21-2)12(7-10)15(20)9-19-14-5-4-11(18)8-13(14)17/h3-8,15,19-20H,9H2,1-2H3. The van der Waals surface area contributed by atoms with Gasteiger partial charge >= 0.3 is 0 Å². The zero-order chi connectivity index (χ0) is 15.4. The summed E-state index contributed by atoms with van der Waals surface area (Å²) in [4.78, 5) is 0. The number of anilines is 1. The van der Waals surface area contributed by atoms with Crippen LogP contribution >= 0.6 is 27.5 Å². The summed E-state index contributed by atoms with van der Waals surface area (Å²) in [5, 5.41) is 14.2. The number of methoxy groups -OCH3 is 1. The fourth-order valence-corrected chi connectivity index (χ4v) is 2.89. The molecule has 0 bridgehead atoms. The van der Waals surface area contributed by atoms with Gasteiger partial charge in [0.25, 0.3) is 0 Å². The number of halogens is 2. The molecule has 0 aliphatic rings. The number of hydrogen-bond acceptors (Lipinski definition) is 3. The van der Waals surface area contributed by atoms with Crippen LogP contribution in [0.2, 0.25) is 5.02 Å². The Morgan fingerprint density at radius 1 is 1.29 bits per heavy atom. The van der Waals surface area contributed by atoms with Gasteiger partial charge in [0.1, 0.15) is 5.75 Å². The summed E-state index contributed by atoms with van der Waals surface area (Å²) in [6.07, 6.45) is -0.664. The number of aryl methyl sites for hydroxylation is 1. The number of aliphatic hydroxyl groups is 1. The molecule has 0 spiro atoms. The molecule has 0 saturated carbocycles. The van der Waals surface area contributed by atoms with E-state index >= 15 is 0 Å². The molecular weight excluding hydrogens is 354 g/mol. The highest BCUT2D eigenvalue weighted by molar-refractivity contribution is 9.10. The highest BCUT2D eigenvalue weighted by Crippen LogP contribution is 2.29. The van der Waals surface area contributed by atoms with Crippen molar-refractivity contribution in [3.05, 3.63) is 57.0 Å². The quantitative estimate of drug-likeness (QED) is 0.810. The Hall–Kier alpha value is -1.23. The number of rotatable bonds is 5. The minimum Gasteiger partial charge on any atom is -0.496 e. The normalized spacial score (nSPS) is 12.0. The number of hydrogen-bond donors (Lipinski definition) is 2.